The van der Waals surface area contributed by atoms with E-state index < -0.39 is 27.7 Å². The maximum Gasteiger partial charge on any atom is 0.416 e. The van der Waals surface area contributed by atoms with Crippen LogP contribution in [0.5, 0.6) is 0 Å². The maximum atomic E-state index is 13.0. The summed E-state index contributed by atoms with van der Waals surface area (Å²) in [5.41, 5.74) is -0.409. The number of pyridine rings is 1. The number of carbonyl (C=O) groups excluding carboxylic acids is 1. The van der Waals surface area contributed by atoms with Gasteiger partial charge in [0.05, 0.1) is 16.1 Å². The van der Waals surface area contributed by atoms with Crippen molar-refractivity contribution in [2.24, 2.45) is 0 Å². The van der Waals surface area contributed by atoms with Gasteiger partial charge in [0.15, 0.2) is 0 Å². The monoisotopic (exact) mass is 435 g/mol. The third-order valence-electron chi connectivity index (χ3n) is 4.16. The number of hydrogen-bond acceptors (Lipinski definition) is 4. The first kappa shape index (κ1) is 21.3. The zero-order valence-corrected chi connectivity index (χ0v) is 16.4. The van der Waals surface area contributed by atoms with Crippen LogP contribution in [0, 0.1) is 6.92 Å². The van der Waals surface area contributed by atoms with Crippen LogP contribution in [-0.2, 0) is 16.2 Å². The van der Waals surface area contributed by atoms with Crippen LogP contribution in [0.2, 0.25) is 0 Å². The molecule has 0 saturated heterocycles. The number of amides is 1. The van der Waals surface area contributed by atoms with Gasteiger partial charge in [-0.3, -0.25) is 14.5 Å². The molecule has 0 radical (unpaired) electrons. The lowest BCUT2D eigenvalue weighted by atomic mass is 10.1. The highest BCUT2D eigenvalue weighted by molar-refractivity contribution is 7.92. The number of rotatable bonds is 5. The van der Waals surface area contributed by atoms with E-state index >= 15 is 0 Å². The van der Waals surface area contributed by atoms with Gasteiger partial charge in [-0.25, -0.2) is 8.42 Å². The van der Waals surface area contributed by atoms with Crippen molar-refractivity contribution in [1.29, 1.82) is 0 Å². The Balaban J connectivity index is 1.76. The van der Waals surface area contributed by atoms with Crippen molar-refractivity contribution in [2.75, 3.05) is 10.0 Å². The normalized spacial score (nSPS) is 11.7. The number of aryl methyl sites for hydroxylation is 1. The number of nitrogens with zero attached hydrogens (tertiary/aromatic N) is 1. The second-order valence-electron chi connectivity index (χ2n) is 6.35. The molecule has 0 saturated carbocycles. The Kier molecular flexibility index (Phi) is 5.79. The van der Waals surface area contributed by atoms with E-state index in [9.17, 15) is 26.4 Å². The summed E-state index contributed by atoms with van der Waals surface area (Å²) in [4.78, 5) is 16.1. The van der Waals surface area contributed by atoms with Crippen molar-refractivity contribution in [1.82, 2.24) is 4.98 Å². The lowest BCUT2D eigenvalue weighted by molar-refractivity contribution is -0.138. The minimum absolute atomic E-state index is 0.0195. The third kappa shape index (κ3) is 4.95. The highest BCUT2D eigenvalue weighted by Gasteiger charge is 2.32. The summed E-state index contributed by atoms with van der Waals surface area (Å²) in [5.74, 6) is -0.669. The smallest absolute Gasteiger partial charge is 0.322 e. The van der Waals surface area contributed by atoms with Crippen LogP contribution in [0.3, 0.4) is 0 Å². The van der Waals surface area contributed by atoms with Crippen molar-refractivity contribution < 1.29 is 26.4 Å². The Labute approximate surface area is 170 Å². The van der Waals surface area contributed by atoms with E-state index in [1.54, 1.807) is 0 Å². The van der Waals surface area contributed by atoms with Crippen molar-refractivity contribution in [3.63, 3.8) is 0 Å². The second-order valence-corrected chi connectivity index (χ2v) is 8.03. The fourth-order valence-electron chi connectivity index (χ4n) is 2.63. The molecule has 1 heterocycles. The van der Waals surface area contributed by atoms with Crippen LogP contribution in [0.4, 0.5) is 24.5 Å². The van der Waals surface area contributed by atoms with Crippen LogP contribution in [-0.4, -0.2) is 19.3 Å². The Bertz CT molecular complexity index is 1160. The minimum atomic E-state index is -4.54. The van der Waals surface area contributed by atoms with Gasteiger partial charge in [-0.05, 0) is 61.0 Å². The number of carbonyl (C=O) groups is 1. The van der Waals surface area contributed by atoms with Crippen LogP contribution in [0.25, 0.3) is 0 Å². The van der Waals surface area contributed by atoms with E-state index in [0.717, 1.165) is 6.07 Å². The van der Waals surface area contributed by atoms with Crippen molar-refractivity contribution in [3.05, 3.63) is 83.7 Å². The van der Waals surface area contributed by atoms with Gasteiger partial charge in [0.2, 0.25) is 0 Å². The van der Waals surface area contributed by atoms with Crippen molar-refractivity contribution in [3.8, 4) is 0 Å². The number of anilines is 2. The molecule has 6 nitrogen and oxygen atoms in total. The predicted octanol–water partition coefficient (Wildman–Crippen LogP) is 4.46. The average molecular weight is 435 g/mol. The van der Waals surface area contributed by atoms with Crippen LogP contribution in [0.1, 0.15) is 21.5 Å². The molecule has 2 aromatic carbocycles. The summed E-state index contributed by atoms with van der Waals surface area (Å²) >= 11 is 0. The highest BCUT2D eigenvalue weighted by atomic mass is 32.2. The Morgan fingerprint density at radius 1 is 0.933 bits per heavy atom. The van der Waals surface area contributed by atoms with E-state index in [4.69, 9.17) is 0 Å². The first-order valence-electron chi connectivity index (χ1n) is 8.58. The lowest BCUT2D eigenvalue weighted by Crippen LogP contribution is -2.15. The number of alkyl halides is 3. The molecule has 10 heteroatoms. The van der Waals surface area contributed by atoms with Gasteiger partial charge < -0.3 is 5.32 Å². The summed E-state index contributed by atoms with van der Waals surface area (Å²) in [5, 5.41) is 2.39. The van der Waals surface area contributed by atoms with Crippen LogP contribution in [0.15, 0.2) is 71.9 Å². The second kappa shape index (κ2) is 8.15. The summed E-state index contributed by atoms with van der Waals surface area (Å²) in [6.07, 6.45) is -1.68. The predicted molar refractivity (Wildman–Crippen MR) is 106 cm³/mol. The largest absolute Gasteiger partial charge is 0.416 e. The summed E-state index contributed by atoms with van der Waals surface area (Å²) in [7, 11) is -3.88. The highest BCUT2D eigenvalue weighted by Crippen LogP contribution is 2.33. The molecule has 0 unspecified atom stereocenters. The molecule has 0 aliphatic carbocycles. The number of sulfonamides is 1. The first-order valence-corrected chi connectivity index (χ1v) is 10.1. The van der Waals surface area contributed by atoms with Gasteiger partial charge in [0.1, 0.15) is 0 Å². The fraction of sp³-hybridized carbons (Fsp3) is 0.100. The molecule has 1 aromatic heterocycles. The van der Waals surface area contributed by atoms with Gasteiger partial charge >= 0.3 is 6.18 Å². The summed E-state index contributed by atoms with van der Waals surface area (Å²) in [6.45, 7) is 1.33. The third-order valence-corrected chi connectivity index (χ3v) is 5.56. The SMILES string of the molecule is Cc1ccc(NC(=O)c2ccc(S(=O)(=O)Nc3ccncc3)cc2)cc1C(F)(F)F. The van der Waals surface area contributed by atoms with E-state index in [1.165, 1.54) is 67.8 Å². The van der Waals surface area contributed by atoms with E-state index in [-0.39, 0.29) is 21.7 Å². The Morgan fingerprint density at radius 3 is 2.17 bits per heavy atom. The number of nitrogens with one attached hydrogen (secondary N) is 2. The number of aromatic nitrogens is 1. The van der Waals surface area contributed by atoms with Gasteiger partial charge in [0.25, 0.3) is 15.9 Å². The van der Waals surface area contributed by atoms with Crippen molar-refractivity contribution in [2.45, 2.75) is 18.0 Å². The Hall–Kier alpha value is -3.40. The average Bonchev–Trinajstić information content (AvgIpc) is 2.69. The molecule has 1 amide bonds. The van der Waals surface area contributed by atoms with E-state index in [2.05, 4.69) is 15.0 Å². The van der Waals surface area contributed by atoms with Crippen molar-refractivity contribution >= 4 is 27.3 Å². The molecule has 0 aliphatic heterocycles. The molecule has 3 aromatic rings. The lowest BCUT2D eigenvalue weighted by Gasteiger charge is -2.13. The first-order chi connectivity index (χ1) is 14.1. The molecule has 3 rings (SSSR count). The van der Waals surface area contributed by atoms with E-state index in [0.29, 0.717) is 5.69 Å². The molecule has 0 fully saturated rings. The van der Waals surface area contributed by atoms with E-state index in [1.807, 2.05) is 0 Å². The molecular formula is C20H16F3N3O3S. The topological polar surface area (TPSA) is 88.2 Å². The van der Waals surface area contributed by atoms with Crippen LogP contribution >= 0.6 is 0 Å². The maximum absolute atomic E-state index is 13.0. The molecule has 0 bridgehead atoms. The zero-order chi connectivity index (χ0) is 21.9. The Morgan fingerprint density at radius 2 is 1.57 bits per heavy atom. The molecular weight excluding hydrogens is 419 g/mol. The minimum Gasteiger partial charge on any atom is -0.322 e. The quantitative estimate of drug-likeness (QED) is 0.619. The molecule has 0 aliphatic rings. The number of benzene rings is 2. The van der Waals surface area contributed by atoms with Crippen LogP contribution < -0.4 is 10.0 Å². The van der Waals surface area contributed by atoms with Gasteiger partial charge in [-0.1, -0.05) is 6.07 Å². The van der Waals surface area contributed by atoms with Gasteiger partial charge in [-0.15, -0.1) is 0 Å². The summed E-state index contributed by atoms with van der Waals surface area (Å²) in [6, 6.07) is 11.4. The molecule has 0 atom stereocenters. The fourth-order valence-corrected chi connectivity index (χ4v) is 3.69. The van der Waals surface area contributed by atoms with Gasteiger partial charge in [-0.2, -0.15) is 13.2 Å². The molecule has 0 spiro atoms. The number of halogens is 3. The zero-order valence-electron chi connectivity index (χ0n) is 15.6. The molecule has 30 heavy (non-hydrogen) atoms. The molecule has 156 valence electrons. The molecule has 2 N–H and O–H groups in total. The van der Waals surface area contributed by atoms with Gasteiger partial charge in [0, 0.05) is 23.6 Å². The summed E-state index contributed by atoms with van der Waals surface area (Å²) < 4.78 is 66.2. The standard InChI is InChI=1S/C20H16F3N3O3S/c1-13-2-5-16(12-18(13)20(21,22)23)25-19(27)14-3-6-17(7-4-14)30(28,29)26-15-8-10-24-11-9-15/h2-12H,1H3,(H,24,26)(H,25,27). The number of hydrogen-bond donors (Lipinski definition) is 2.